The van der Waals surface area contributed by atoms with Gasteiger partial charge in [-0.15, -0.1) is 11.8 Å². The molecular formula is C8H9N2OS. The van der Waals surface area contributed by atoms with Crippen molar-refractivity contribution in [2.24, 2.45) is 5.73 Å². The van der Waals surface area contributed by atoms with Crippen molar-refractivity contribution in [3.8, 4) is 0 Å². The molecule has 0 bridgehead atoms. The lowest BCUT2D eigenvalue weighted by atomic mass is 10.4. The molecule has 0 spiro atoms. The maximum absolute atomic E-state index is 10.0. The molecule has 12 heavy (non-hydrogen) atoms. The number of carbonyl (C=O) groups excluding carboxylic acids is 1. The Hall–Kier alpha value is -0.870. The van der Waals surface area contributed by atoms with Crippen LogP contribution in [-0.2, 0) is 4.79 Å². The normalized spacial score (nSPS) is 12.4. The number of aromatic nitrogens is 1. The molecular weight excluding hydrogens is 172 g/mol. The molecule has 4 heteroatoms. The highest BCUT2D eigenvalue weighted by atomic mass is 32.2. The molecule has 0 saturated carbocycles. The van der Waals surface area contributed by atoms with Crippen molar-refractivity contribution in [2.75, 3.05) is 5.75 Å². The first kappa shape index (κ1) is 9.22. The molecule has 1 radical (unpaired) electrons. The zero-order chi connectivity index (χ0) is 8.81. The summed E-state index contributed by atoms with van der Waals surface area (Å²) >= 11 is 1.45. The Labute approximate surface area is 75.4 Å². The summed E-state index contributed by atoms with van der Waals surface area (Å²) in [6.07, 6.45) is 3.42. The van der Waals surface area contributed by atoms with Crippen LogP contribution in [0.1, 0.15) is 0 Å². The fourth-order valence-corrected chi connectivity index (χ4v) is 1.37. The van der Waals surface area contributed by atoms with Crippen LogP contribution in [-0.4, -0.2) is 23.1 Å². The van der Waals surface area contributed by atoms with Crippen LogP contribution in [0.3, 0.4) is 0 Å². The Bertz CT molecular complexity index is 240. The van der Waals surface area contributed by atoms with Gasteiger partial charge >= 0.3 is 0 Å². The minimum atomic E-state index is -0.517. The number of pyridine rings is 1. The quantitative estimate of drug-likeness (QED) is 0.691. The van der Waals surface area contributed by atoms with Gasteiger partial charge < -0.3 is 5.73 Å². The smallest absolute Gasteiger partial charge is 0.217 e. The van der Waals surface area contributed by atoms with Crippen molar-refractivity contribution in [1.29, 1.82) is 0 Å². The molecule has 0 fully saturated rings. The van der Waals surface area contributed by atoms with Crippen LogP contribution >= 0.6 is 11.8 Å². The second kappa shape index (κ2) is 4.90. The van der Waals surface area contributed by atoms with Crippen LogP contribution in [0.25, 0.3) is 0 Å². The molecule has 1 rings (SSSR count). The summed E-state index contributed by atoms with van der Waals surface area (Å²) in [6, 6.07) is 5.10. The van der Waals surface area contributed by atoms with E-state index in [9.17, 15) is 4.79 Å². The molecule has 0 amide bonds. The SMILES string of the molecule is NC([C]=O)CSc1ccccn1. The van der Waals surface area contributed by atoms with Gasteiger partial charge in [-0.2, -0.15) is 0 Å². The predicted octanol–water partition coefficient (Wildman–Crippen LogP) is 0.611. The van der Waals surface area contributed by atoms with Gasteiger partial charge in [-0.25, -0.2) is 4.98 Å². The average Bonchev–Trinajstić information content (AvgIpc) is 2.16. The molecule has 0 aliphatic carbocycles. The van der Waals surface area contributed by atoms with Crippen LogP contribution in [0.4, 0.5) is 0 Å². The highest BCUT2D eigenvalue weighted by Crippen LogP contribution is 2.13. The van der Waals surface area contributed by atoms with Crippen molar-refractivity contribution < 1.29 is 4.79 Å². The molecule has 2 N–H and O–H groups in total. The first-order valence-electron chi connectivity index (χ1n) is 3.50. The van der Waals surface area contributed by atoms with Crippen molar-refractivity contribution in [2.45, 2.75) is 11.1 Å². The predicted molar refractivity (Wildman–Crippen MR) is 48.6 cm³/mol. The molecule has 1 aromatic rings. The third-order valence-electron chi connectivity index (χ3n) is 1.20. The Morgan fingerprint density at radius 1 is 1.67 bits per heavy atom. The molecule has 0 aliphatic rings. The minimum Gasteiger partial charge on any atom is -0.320 e. The molecule has 1 heterocycles. The zero-order valence-electron chi connectivity index (χ0n) is 6.43. The fraction of sp³-hybridized carbons (Fsp3) is 0.250. The standard InChI is InChI=1S/C8H9N2OS/c9-7(5-11)6-12-8-3-1-2-4-10-8/h1-4,7H,6,9H2. The van der Waals surface area contributed by atoms with E-state index in [0.29, 0.717) is 5.75 Å². The van der Waals surface area contributed by atoms with Crippen molar-refractivity contribution in [1.82, 2.24) is 4.98 Å². The van der Waals surface area contributed by atoms with Gasteiger partial charge in [-0.1, -0.05) is 6.07 Å². The lowest BCUT2D eigenvalue weighted by Gasteiger charge is -2.00. The number of thioether (sulfide) groups is 1. The van der Waals surface area contributed by atoms with Gasteiger partial charge in [0.1, 0.15) is 0 Å². The largest absolute Gasteiger partial charge is 0.320 e. The topological polar surface area (TPSA) is 56.0 Å². The first-order valence-corrected chi connectivity index (χ1v) is 4.48. The van der Waals surface area contributed by atoms with E-state index in [0.717, 1.165) is 5.03 Å². The number of nitrogens with zero attached hydrogens (tertiary/aromatic N) is 1. The third-order valence-corrected chi connectivity index (χ3v) is 2.26. The van der Waals surface area contributed by atoms with E-state index in [4.69, 9.17) is 5.73 Å². The molecule has 0 aliphatic heterocycles. The van der Waals surface area contributed by atoms with Crippen LogP contribution in [0.2, 0.25) is 0 Å². The molecule has 1 atom stereocenters. The lowest BCUT2D eigenvalue weighted by molar-refractivity contribution is 0.546. The number of hydrogen-bond donors (Lipinski definition) is 1. The van der Waals surface area contributed by atoms with Crippen LogP contribution in [0, 0.1) is 0 Å². The Morgan fingerprint density at radius 3 is 3.08 bits per heavy atom. The number of rotatable bonds is 4. The van der Waals surface area contributed by atoms with E-state index >= 15 is 0 Å². The van der Waals surface area contributed by atoms with E-state index in [1.54, 1.807) is 12.5 Å². The molecule has 0 aromatic carbocycles. The van der Waals surface area contributed by atoms with Gasteiger partial charge in [0, 0.05) is 11.9 Å². The van der Waals surface area contributed by atoms with Crippen molar-refractivity contribution in [3.63, 3.8) is 0 Å². The van der Waals surface area contributed by atoms with E-state index in [-0.39, 0.29) is 0 Å². The lowest BCUT2D eigenvalue weighted by Crippen LogP contribution is -2.23. The molecule has 3 nitrogen and oxygen atoms in total. The Balaban J connectivity index is 2.38. The van der Waals surface area contributed by atoms with Crippen molar-refractivity contribution >= 4 is 18.0 Å². The maximum atomic E-state index is 10.0. The van der Waals surface area contributed by atoms with Gasteiger partial charge in [0.2, 0.25) is 6.29 Å². The van der Waals surface area contributed by atoms with E-state index < -0.39 is 6.04 Å². The van der Waals surface area contributed by atoms with Gasteiger partial charge in [0.25, 0.3) is 0 Å². The van der Waals surface area contributed by atoms with E-state index in [2.05, 4.69) is 4.98 Å². The highest BCUT2D eigenvalue weighted by Gasteiger charge is 2.01. The number of hydrogen-bond acceptors (Lipinski definition) is 4. The van der Waals surface area contributed by atoms with Crippen LogP contribution < -0.4 is 5.73 Å². The van der Waals surface area contributed by atoms with Gasteiger partial charge in [0.05, 0.1) is 11.1 Å². The summed E-state index contributed by atoms with van der Waals surface area (Å²) in [5.74, 6) is 0.528. The summed E-state index contributed by atoms with van der Waals surface area (Å²) in [6.45, 7) is 0. The monoisotopic (exact) mass is 181 g/mol. The second-order valence-corrected chi connectivity index (χ2v) is 3.24. The highest BCUT2D eigenvalue weighted by molar-refractivity contribution is 7.99. The number of nitrogens with two attached hydrogens (primary N) is 1. The molecule has 1 aromatic heterocycles. The average molecular weight is 181 g/mol. The van der Waals surface area contributed by atoms with Gasteiger partial charge in [-0.3, -0.25) is 4.79 Å². The minimum absolute atomic E-state index is 0.517. The van der Waals surface area contributed by atoms with E-state index in [1.165, 1.54) is 11.8 Å². The zero-order valence-corrected chi connectivity index (χ0v) is 7.25. The molecule has 63 valence electrons. The van der Waals surface area contributed by atoms with E-state index in [1.807, 2.05) is 18.2 Å². The van der Waals surface area contributed by atoms with Crippen LogP contribution in [0.5, 0.6) is 0 Å². The summed E-state index contributed by atoms with van der Waals surface area (Å²) in [4.78, 5) is 14.1. The van der Waals surface area contributed by atoms with Crippen LogP contribution in [0.15, 0.2) is 29.4 Å². The third kappa shape index (κ3) is 3.02. The summed E-state index contributed by atoms with van der Waals surface area (Å²) < 4.78 is 0. The Kier molecular flexibility index (Phi) is 3.76. The fourth-order valence-electron chi connectivity index (χ4n) is 0.642. The van der Waals surface area contributed by atoms with Gasteiger partial charge in [-0.05, 0) is 12.1 Å². The maximum Gasteiger partial charge on any atom is 0.217 e. The summed E-state index contributed by atoms with van der Waals surface area (Å²) in [5.41, 5.74) is 5.35. The Morgan fingerprint density at radius 2 is 2.50 bits per heavy atom. The summed E-state index contributed by atoms with van der Waals surface area (Å²) in [5, 5.41) is 0.878. The van der Waals surface area contributed by atoms with Gasteiger partial charge in [0.15, 0.2) is 0 Å². The second-order valence-electron chi connectivity index (χ2n) is 2.20. The molecule has 1 unspecified atom stereocenters. The molecule has 0 saturated heterocycles. The first-order chi connectivity index (χ1) is 5.83. The van der Waals surface area contributed by atoms with Crippen molar-refractivity contribution in [3.05, 3.63) is 24.4 Å². The summed E-state index contributed by atoms with van der Waals surface area (Å²) in [7, 11) is 0.